The fourth-order valence-corrected chi connectivity index (χ4v) is 2.91. The summed E-state index contributed by atoms with van der Waals surface area (Å²) in [6, 6.07) is 5.75. The van der Waals surface area contributed by atoms with Gasteiger partial charge in [0.05, 0.1) is 4.47 Å². The monoisotopic (exact) mass is 297 g/mol. The maximum atomic E-state index is 6.14. The van der Waals surface area contributed by atoms with Crippen LogP contribution in [-0.4, -0.2) is 6.10 Å². The van der Waals surface area contributed by atoms with Gasteiger partial charge in [-0.3, -0.25) is 0 Å². The van der Waals surface area contributed by atoms with Gasteiger partial charge in [-0.15, -0.1) is 0 Å². The quantitative estimate of drug-likeness (QED) is 0.840. The van der Waals surface area contributed by atoms with Crippen LogP contribution in [0.2, 0.25) is 0 Å². The molecule has 1 fully saturated rings. The van der Waals surface area contributed by atoms with Crippen LogP contribution in [0.3, 0.4) is 0 Å². The Bertz CT molecular complexity index is 380. The van der Waals surface area contributed by atoms with Gasteiger partial charge in [0.25, 0.3) is 0 Å². The van der Waals surface area contributed by atoms with Crippen molar-refractivity contribution in [1.29, 1.82) is 0 Å². The highest BCUT2D eigenvalue weighted by Gasteiger charge is 2.25. The molecule has 0 heterocycles. The third-order valence-electron chi connectivity index (χ3n) is 3.60. The summed E-state index contributed by atoms with van der Waals surface area (Å²) in [5.41, 5.74) is 6.56. The molecule has 0 radical (unpaired) electrons. The molecule has 2 atom stereocenters. The molecule has 2 unspecified atom stereocenters. The van der Waals surface area contributed by atoms with Crippen molar-refractivity contribution in [1.82, 2.24) is 0 Å². The smallest absolute Gasteiger partial charge is 0.135 e. The van der Waals surface area contributed by atoms with Gasteiger partial charge >= 0.3 is 0 Å². The van der Waals surface area contributed by atoms with Crippen molar-refractivity contribution < 1.29 is 4.74 Å². The number of rotatable bonds is 3. The van der Waals surface area contributed by atoms with Gasteiger partial charge < -0.3 is 10.5 Å². The van der Waals surface area contributed by atoms with E-state index in [1.807, 2.05) is 18.2 Å². The molecule has 1 saturated carbocycles. The lowest BCUT2D eigenvalue weighted by Crippen LogP contribution is -2.30. The average molecular weight is 298 g/mol. The van der Waals surface area contributed by atoms with Crippen LogP contribution < -0.4 is 10.5 Å². The van der Waals surface area contributed by atoms with Crippen molar-refractivity contribution in [3.8, 4) is 5.75 Å². The zero-order valence-electron chi connectivity index (χ0n) is 10.3. The topological polar surface area (TPSA) is 35.2 Å². The lowest BCUT2D eigenvalue weighted by atomic mass is 9.85. The highest BCUT2D eigenvalue weighted by Crippen LogP contribution is 2.34. The lowest BCUT2D eigenvalue weighted by molar-refractivity contribution is 0.0897. The van der Waals surface area contributed by atoms with E-state index in [9.17, 15) is 0 Å². The van der Waals surface area contributed by atoms with Crippen molar-refractivity contribution in [2.45, 2.75) is 45.1 Å². The third-order valence-corrected chi connectivity index (χ3v) is 4.25. The first-order valence-corrected chi connectivity index (χ1v) is 7.21. The summed E-state index contributed by atoms with van der Waals surface area (Å²) < 4.78 is 7.14. The Kier molecular flexibility index (Phi) is 4.32. The molecule has 0 spiro atoms. The number of hydrogen-bond acceptors (Lipinski definition) is 2. The Labute approximate surface area is 112 Å². The van der Waals surface area contributed by atoms with Crippen LogP contribution in [-0.2, 0) is 0 Å². The average Bonchev–Trinajstić information content (AvgIpc) is 2.34. The van der Waals surface area contributed by atoms with Crippen molar-refractivity contribution in [2.75, 3.05) is 5.73 Å². The van der Waals surface area contributed by atoms with Crippen LogP contribution in [0.25, 0.3) is 0 Å². The van der Waals surface area contributed by atoms with E-state index in [1.165, 1.54) is 32.1 Å². The second-order valence-corrected chi connectivity index (χ2v) is 5.65. The Morgan fingerprint density at radius 2 is 2.12 bits per heavy atom. The zero-order valence-corrected chi connectivity index (χ0v) is 11.9. The highest BCUT2D eigenvalue weighted by molar-refractivity contribution is 9.10. The Morgan fingerprint density at radius 1 is 1.35 bits per heavy atom. The minimum absolute atomic E-state index is 0.354. The number of halogens is 1. The normalized spacial score (nSPS) is 24.6. The molecule has 0 aromatic heterocycles. The predicted molar refractivity (Wildman–Crippen MR) is 75.2 cm³/mol. The molecule has 0 bridgehead atoms. The van der Waals surface area contributed by atoms with Crippen LogP contribution in [0.4, 0.5) is 5.69 Å². The summed E-state index contributed by atoms with van der Waals surface area (Å²) in [7, 11) is 0. The molecule has 1 aliphatic carbocycles. The number of anilines is 1. The van der Waals surface area contributed by atoms with Crippen molar-refractivity contribution in [3.05, 3.63) is 22.7 Å². The molecule has 1 aliphatic rings. The van der Waals surface area contributed by atoms with Crippen LogP contribution in [0.5, 0.6) is 5.75 Å². The van der Waals surface area contributed by atoms with Crippen LogP contribution in [0.1, 0.15) is 39.0 Å². The summed E-state index contributed by atoms with van der Waals surface area (Å²) in [6.45, 7) is 2.25. The Balaban J connectivity index is 2.10. The molecule has 1 aromatic carbocycles. The second kappa shape index (κ2) is 5.76. The Hall–Kier alpha value is -0.700. The van der Waals surface area contributed by atoms with E-state index in [1.54, 1.807) is 0 Å². The zero-order chi connectivity index (χ0) is 12.3. The fraction of sp³-hybridized carbons (Fsp3) is 0.571. The van der Waals surface area contributed by atoms with E-state index >= 15 is 0 Å². The molecule has 0 amide bonds. The molecule has 0 aliphatic heterocycles. The van der Waals surface area contributed by atoms with E-state index in [0.29, 0.717) is 12.0 Å². The van der Waals surface area contributed by atoms with E-state index in [0.717, 1.165) is 15.9 Å². The molecule has 17 heavy (non-hydrogen) atoms. The van der Waals surface area contributed by atoms with Gasteiger partial charge in [-0.2, -0.15) is 0 Å². The third kappa shape index (κ3) is 3.15. The molecule has 2 rings (SSSR count). The first-order valence-electron chi connectivity index (χ1n) is 6.42. The predicted octanol–water partition coefficient (Wildman–Crippen LogP) is 4.38. The minimum atomic E-state index is 0.354. The van der Waals surface area contributed by atoms with Gasteiger partial charge in [0.1, 0.15) is 11.9 Å². The second-order valence-electron chi connectivity index (χ2n) is 4.80. The lowest BCUT2D eigenvalue weighted by Gasteiger charge is -2.31. The van der Waals surface area contributed by atoms with Crippen LogP contribution in [0.15, 0.2) is 22.7 Å². The largest absolute Gasteiger partial charge is 0.489 e. The number of benzene rings is 1. The van der Waals surface area contributed by atoms with Gasteiger partial charge in [-0.1, -0.05) is 13.3 Å². The summed E-state index contributed by atoms with van der Waals surface area (Å²) in [6.07, 6.45) is 6.63. The molecule has 2 nitrogen and oxygen atoms in total. The number of hydrogen-bond donors (Lipinski definition) is 1. The molecule has 1 aromatic rings. The summed E-state index contributed by atoms with van der Waals surface area (Å²) in [4.78, 5) is 0. The van der Waals surface area contributed by atoms with E-state index < -0.39 is 0 Å². The van der Waals surface area contributed by atoms with Crippen LogP contribution in [0, 0.1) is 5.92 Å². The van der Waals surface area contributed by atoms with Gasteiger partial charge in [0, 0.05) is 11.8 Å². The summed E-state index contributed by atoms with van der Waals surface area (Å²) in [5.74, 6) is 1.58. The van der Waals surface area contributed by atoms with E-state index in [-0.39, 0.29) is 0 Å². The maximum Gasteiger partial charge on any atom is 0.135 e. The van der Waals surface area contributed by atoms with Crippen LogP contribution >= 0.6 is 15.9 Å². The highest BCUT2D eigenvalue weighted by atomic mass is 79.9. The Morgan fingerprint density at radius 3 is 2.88 bits per heavy atom. The molecule has 3 heteroatoms. The first kappa shape index (κ1) is 12.7. The maximum absolute atomic E-state index is 6.14. The number of nitrogens with two attached hydrogens (primary N) is 1. The molecule has 94 valence electrons. The van der Waals surface area contributed by atoms with E-state index in [4.69, 9.17) is 10.5 Å². The minimum Gasteiger partial charge on any atom is -0.489 e. The summed E-state index contributed by atoms with van der Waals surface area (Å²) in [5, 5.41) is 0. The van der Waals surface area contributed by atoms with Gasteiger partial charge in [0.2, 0.25) is 0 Å². The molecule has 2 N–H and O–H groups in total. The van der Waals surface area contributed by atoms with Crippen molar-refractivity contribution in [2.24, 2.45) is 5.92 Å². The SMILES string of the molecule is CCC1CCCCC1Oc1cc(N)ccc1Br. The number of nitrogen functional groups attached to an aromatic ring is 1. The van der Waals surface area contributed by atoms with Gasteiger partial charge in [0.15, 0.2) is 0 Å². The molecule has 0 saturated heterocycles. The number of ether oxygens (including phenoxy) is 1. The molecular weight excluding hydrogens is 278 g/mol. The van der Waals surface area contributed by atoms with Gasteiger partial charge in [-0.25, -0.2) is 0 Å². The summed E-state index contributed by atoms with van der Waals surface area (Å²) >= 11 is 3.52. The van der Waals surface area contributed by atoms with Gasteiger partial charge in [-0.05, 0) is 59.7 Å². The fourth-order valence-electron chi connectivity index (χ4n) is 2.57. The first-order chi connectivity index (χ1) is 8.20. The van der Waals surface area contributed by atoms with E-state index in [2.05, 4.69) is 22.9 Å². The van der Waals surface area contributed by atoms with Crippen molar-refractivity contribution >= 4 is 21.6 Å². The van der Waals surface area contributed by atoms with Crippen molar-refractivity contribution in [3.63, 3.8) is 0 Å². The standard InChI is InChI=1S/C14H20BrNO/c1-2-10-5-3-4-6-13(10)17-14-9-11(16)7-8-12(14)15/h7-10,13H,2-6,16H2,1H3. The molecular formula is C14H20BrNO.